The number of hydrogen-bond donors (Lipinski definition) is 2. The van der Waals surface area contributed by atoms with Crippen molar-refractivity contribution in [1.82, 2.24) is 15.1 Å². The summed E-state index contributed by atoms with van der Waals surface area (Å²) in [6.45, 7) is 11.9. The Balaban J connectivity index is 1.66. The van der Waals surface area contributed by atoms with Crippen LogP contribution in [0.15, 0.2) is 55.6 Å². The van der Waals surface area contributed by atoms with Gasteiger partial charge in [0, 0.05) is 37.0 Å². The molecule has 3 amide bonds. The minimum absolute atomic E-state index is 0.0566. The van der Waals surface area contributed by atoms with Crippen molar-refractivity contribution >= 4 is 39.6 Å². The zero-order valence-electron chi connectivity index (χ0n) is 26.2. The minimum Gasteiger partial charge on any atom is -0.455 e. The Bertz CT molecular complexity index is 1250. The maximum Gasteiger partial charge on any atom is 0.313 e. The molecular weight excluding hydrogens is 642 g/mol. The van der Waals surface area contributed by atoms with Gasteiger partial charge in [-0.15, -0.1) is 13.2 Å². The van der Waals surface area contributed by atoms with Crippen molar-refractivity contribution in [2.45, 2.75) is 87.1 Å². The molecule has 8 atom stereocenters. The predicted octanol–water partition coefficient (Wildman–Crippen LogP) is 3.69. The summed E-state index contributed by atoms with van der Waals surface area (Å²) in [5.41, 5.74) is -0.539. The number of nitrogens with one attached hydrogen (secondary N) is 1. The van der Waals surface area contributed by atoms with Gasteiger partial charge < -0.3 is 29.7 Å². The molecule has 45 heavy (non-hydrogen) atoms. The molecule has 3 aliphatic heterocycles. The highest BCUT2D eigenvalue weighted by Gasteiger charge is 2.77. The number of alkyl halides is 1. The van der Waals surface area contributed by atoms with E-state index in [1.807, 2.05) is 37.3 Å². The first-order valence-electron chi connectivity index (χ1n) is 15.9. The molecule has 246 valence electrons. The van der Waals surface area contributed by atoms with Crippen molar-refractivity contribution in [3.63, 3.8) is 0 Å². The Morgan fingerprint density at radius 2 is 2.00 bits per heavy atom. The van der Waals surface area contributed by atoms with E-state index >= 15 is 0 Å². The molecule has 11 heteroatoms. The highest BCUT2D eigenvalue weighted by Crippen LogP contribution is 2.60. The Labute approximate surface area is 274 Å². The number of halogens is 1. The summed E-state index contributed by atoms with van der Waals surface area (Å²) in [6.07, 6.45) is 4.95. The standard InChI is InChI=1S/C34H46BrN3O7/c1-5-8-16-26(40)36-21-25(23-14-10-9-11-15-23)44-33(43)27-28-31(41)38(18-12-19-39)30(34(28)20-24(35)29(27)45-34)32(42)37(17-7-3)22(4)13-6-2/h5,7,9-11,14-15,22,24-25,27-30,39H,1,3,6,8,12-13,16-21H2,2,4H3,(H,36,40)/t22?,24?,25-,27+,28-,29+,30+,34-/m1/s1. The van der Waals surface area contributed by atoms with Crippen molar-refractivity contribution in [3.8, 4) is 0 Å². The molecule has 1 aromatic rings. The Kier molecular flexibility index (Phi) is 12.0. The topological polar surface area (TPSA) is 125 Å². The SMILES string of the molecule is C=CCCC(=O)NC[C@@H](OC(=O)[C@@H]1[C@H]2O[C@@]3(CC2Br)[C@H](C(=O)N(CC=C)C(C)CCC)N(CCCO)C(=O)[C@@H]13)c1ccccc1. The third-order valence-electron chi connectivity index (χ3n) is 9.19. The van der Waals surface area contributed by atoms with Crippen LogP contribution in [0.2, 0.25) is 0 Å². The van der Waals surface area contributed by atoms with Crippen molar-refractivity contribution in [3.05, 3.63) is 61.2 Å². The summed E-state index contributed by atoms with van der Waals surface area (Å²) < 4.78 is 12.7. The second-order valence-corrected chi connectivity index (χ2v) is 13.3. The number of rotatable bonds is 17. The van der Waals surface area contributed by atoms with Crippen LogP contribution >= 0.6 is 15.9 Å². The van der Waals surface area contributed by atoms with Crippen LogP contribution in [0, 0.1) is 11.8 Å². The maximum absolute atomic E-state index is 14.4. The first-order valence-corrected chi connectivity index (χ1v) is 16.8. The quantitative estimate of drug-likeness (QED) is 0.145. The number of amides is 3. The second kappa shape index (κ2) is 15.5. The van der Waals surface area contributed by atoms with Gasteiger partial charge in [0.1, 0.15) is 17.7 Å². The summed E-state index contributed by atoms with van der Waals surface area (Å²) >= 11 is 3.70. The first-order chi connectivity index (χ1) is 21.6. The number of ether oxygens (including phenoxy) is 2. The fourth-order valence-electron chi connectivity index (χ4n) is 7.16. The maximum atomic E-state index is 14.4. The van der Waals surface area contributed by atoms with Gasteiger partial charge in [-0.3, -0.25) is 19.2 Å². The third-order valence-corrected chi connectivity index (χ3v) is 10.0. The zero-order valence-corrected chi connectivity index (χ0v) is 27.8. The van der Waals surface area contributed by atoms with E-state index < -0.39 is 41.7 Å². The monoisotopic (exact) mass is 687 g/mol. The number of hydrogen-bond acceptors (Lipinski definition) is 7. The van der Waals surface area contributed by atoms with E-state index in [1.165, 1.54) is 4.90 Å². The lowest BCUT2D eigenvalue weighted by molar-refractivity contribution is -0.160. The van der Waals surface area contributed by atoms with Gasteiger partial charge in [0.25, 0.3) is 0 Å². The van der Waals surface area contributed by atoms with Crippen LogP contribution in [0.5, 0.6) is 0 Å². The van der Waals surface area contributed by atoms with Gasteiger partial charge in [0.2, 0.25) is 17.7 Å². The molecule has 4 rings (SSSR count). The van der Waals surface area contributed by atoms with Crippen molar-refractivity contribution in [1.29, 1.82) is 0 Å². The van der Waals surface area contributed by atoms with Crippen molar-refractivity contribution in [2.24, 2.45) is 11.8 Å². The van der Waals surface area contributed by atoms with Gasteiger partial charge in [0.15, 0.2) is 0 Å². The Morgan fingerprint density at radius 3 is 2.64 bits per heavy atom. The second-order valence-electron chi connectivity index (χ2n) is 12.2. The number of aliphatic hydroxyl groups is 1. The van der Waals surface area contributed by atoms with Crippen LogP contribution in [0.25, 0.3) is 0 Å². The molecule has 2 bridgehead atoms. The van der Waals surface area contributed by atoms with Crippen LogP contribution in [-0.4, -0.2) is 93.5 Å². The molecule has 3 saturated heterocycles. The molecular formula is C34H46BrN3O7. The molecule has 10 nitrogen and oxygen atoms in total. The van der Waals surface area contributed by atoms with Crippen LogP contribution in [0.4, 0.5) is 0 Å². The number of carbonyl (C=O) groups is 4. The number of nitrogens with zero attached hydrogens (tertiary/aromatic N) is 2. The molecule has 0 aromatic heterocycles. The smallest absolute Gasteiger partial charge is 0.313 e. The number of benzene rings is 1. The lowest BCUT2D eigenvalue weighted by Gasteiger charge is -2.39. The first kappa shape index (κ1) is 34.8. The van der Waals surface area contributed by atoms with Crippen LogP contribution < -0.4 is 5.32 Å². The lowest BCUT2D eigenvalue weighted by atomic mass is 9.70. The zero-order chi connectivity index (χ0) is 32.7. The molecule has 3 heterocycles. The Morgan fingerprint density at radius 1 is 1.27 bits per heavy atom. The largest absolute Gasteiger partial charge is 0.455 e. The average Bonchev–Trinajstić information content (AvgIpc) is 3.62. The fourth-order valence-corrected chi connectivity index (χ4v) is 8.10. The Hall–Kier alpha value is -3.02. The summed E-state index contributed by atoms with van der Waals surface area (Å²) in [6, 6.07) is 8.07. The van der Waals surface area contributed by atoms with Crippen molar-refractivity contribution < 1.29 is 33.8 Å². The molecule has 2 N–H and O–H groups in total. The van der Waals surface area contributed by atoms with Gasteiger partial charge in [-0.2, -0.15) is 0 Å². The average molecular weight is 689 g/mol. The summed E-state index contributed by atoms with van der Waals surface area (Å²) in [5, 5.41) is 12.5. The number of fused-ring (bicyclic) bond motifs is 1. The van der Waals surface area contributed by atoms with Crippen LogP contribution in [-0.2, 0) is 28.7 Å². The van der Waals surface area contributed by atoms with Crippen LogP contribution in [0.1, 0.15) is 64.0 Å². The van der Waals surface area contributed by atoms with Gasteiger partial charge >= 0.3 is 5.97 Å². The lowest BCUT2D eigenvalue weighted by Crippen LogP contribution is -2.58. The number of likely N-dealkylation sites (tertiary alicyclic amines) is 1. The van der Waals surface area contributed by atoms with E-state index in [1.54, 1.807) is 17.1 Å². The third kappa shape index (κ3) is 7.05. The minimum atomic E-state index is -1.24. The van der Waals surface area contributed by atoms with Crippen LogP contribution in [0.3, 0.4) is 0 Å². The van der Waals surface area contributed by atoms with E-state index in [-0.39, 0.29) is 61.1 Å². The van der Waals surface area contributed by atoms with Gasteiger partial charge in [-0.25, -0.2) is 0 Å². The van der Waals surface area contributed by atoms with E-state index in [4.69, 9.17) is 9.47 Å². The number of aliphatic hydroxyl groups excluding tert-OH is 1. The van der Waals surface area contributed by atoms with Crippen molar-refractivity contribution in [2.75, 3.05) is 26.2 Å². The molecule has 2 unspecified atom stereocenters. The van der Waals surface area contributed by atoms with E-state index in [9.17, 15) is 24.3 Å². The summed E-state index contributed by atoms with van der Waals surface area (Å²) in [5.74, 6) is -3.29. The molecule has 0 radical (unpaired) electrons. The normalized spacial score (nSPS) is 27.9. The number of esters is 1. The molecule has 0 aliphatic carbocycles. The van der Waals surface area contributed by atoms with Gasteiger partial charge in [-0.05, 0) is 38.2 Å². The summed E-state index contributed by atoms with van der Waals surface area (Å²) in [7, 11) is 0. The fraction of sp³-hybridized carbons (Fsp3) is 0.588. The van der Waals surface area contributed by atoms with Gasteiger partial charge in [0.05, 0.1) is 24.5 Å². The highest BCUT2D eigenvalue weighted by molar-refractivity contribution is 9.09. The molecule has 1 aromatic carbocycles. The number of carbonyl (C=O) groups excluding carboxylic acids is 4. The van der Waals surface area contributed by atoms with Gasteiger partial charge in [-0.1, -0.05) is 71.8 Å². The predicted molar refractivity (Wildman–Crippen MR) is 173 cm³/mol. The summed E-state index contributed by atoms with van der Waals surface area (Å²) in [4.78, 5) is 58.2. The molecule has 1 spiro atoms. The number of allylic oxidation sites excluding steroid dienone is 1. The highest BCUT2D eigenvalue weighted by atomic mass is 79.9. The van der Waals surface area contributed by atoms with E-state index in [2.05, 4.69) is 41.3 Å². The van der Waals surface area contributed by atoms with E-state index in [0.29, 0.717) is 24.9 Å². The molecule has 0 saturated carbocycles. The van der Waals surface area contributed by atoms with E-state index in [0.717, 1.165) is 12.8 Å². The molecule has 3 fully saturated rings. The molecule has 3 aliphatic rings.